The predicted molar refractivity (Wildman–Crippen MR) is 107 cm³/mol. The summed E-state index contributed by atoms with van der Waals surface area (Å²) in [6, 6.07) is 20.7. The Morgan fingerprint density at radius 2 is 1.74 bits per heavy atom. The monoisotopic (exact) mass is 360 g/mol. The summed E-state index contributed by atoms with van der Waals surface area (Å²) < 4.78 is 10.8. The van der Waals surface area contributed by atoms with E-state index in [9.17, 15) is 4.79 Å². The summed E-state index contributed by atoms with van der Waals surface area (Å²) in [4.78, 5) is 11.8. The van der Waals surface area contributed by atoms with Gasteiger partial charge < -0.3 is 20.1 Å². The van der Waals surface area contributed by atoms with Gasteiger partial charge in [0.05, 0.1) is 13.7 Å². The number of hydrogen-bond acceptors (Lipinski definition) is 3. The molecule has 136 valence electrons. The highest BCUT2D eigenvalue weighted by Crippen LogP contribution is 2.24. The van der Waals surface area contributed by atoms with Crippen molar-refractivity contribution in [3.63, 3.8) is 0 Å². The van der Waals surface area contributed by atoms with Gasteiger partial charge in [0.15, 0.2) is 0 Å². The Morgan fingerprint density at radius 1 is 0.963 bits per heavy atom. The molecule has 27 heavy (non-hydrogen) atoms. The average Bonchev–Trinajstić information content (AvgIpc) is 2.71. The Hall–Kier alpha value is -3.65. The van der Waals surface area contributed by atoms with Crippen molar-refractivity contribution in [2.75, 3.05) is 25.6 Å². The van der Waals surface area contributed by atoms with Crippen LogP contribution in [0.3, 0.4) is 0 Å². The molecule has 0 unspecified atom stereocenters. The molecule has 0 aliphatic rings. The van der Waals surface area contributed by atoms with Gasteiger partial charge in [-0.1, -0.05) is 48.2 Å². The van der Waals surface area contributed by atoms with Crippen LogP contribution in [0.5, 0.6) is 11.5 Å². The van der Waals surface area contributed by atoms with Crippen molar-refractivity contribution < 1.29 is 14.3 Å². The summed E-state index contributed by atoms with van der Waals surface area (Å²) in [6.07, 6.45) is 0. The molecule has 0 atom stereocenters. The molecule has 2 amide bonds. The molecule has 0 fully saturated rings. The van der Waals surface area contributed by atoms with Crippen LogP contribution >= 0.6 is 0 Å². The second-order valence-electron chi connectivity index (χ2n) is 5.66. The zero-order chi connectivity index (χ0) is 18.9. The first-order chi connectivity index (χ1) is 13.3. The molecule has 0 spiro atoms. The van der Waals surface area contributed by atoms with E-state index in [1.807, 2.05) is 42.5 Å². The minimum Gasteiger partial charge on any atom is -0.497 e. The highest BCUT2D eigenvalue weighted by molar-refractivity contribution is 5.89. The van der Waals surface area contributed by atoms with Gasteiger partial charge in [-0.05, 0) is 35.7 Å². The average molecular weight is 360 g/mol. The lowest BCUT2D eigenvalue weighted by Gasteiger charge is -2.06. The summed E-state index contributed by atoms with van der Waals surface area (Å²) in [5, 5.41) is 7.58. The molecule has 0 aliphatic carbocycles. The maximum atomic E-state index is 11.8. The topological polar surface area (TPSA) is 59.6 Å². The maximum absolute atomic E-state index is 11.8. The summed E-state index contributed by atoms with van der Waals surface area (Å²) in [5.74, 6) is 7.31. The quantitative estimate of drug-likeness (QED) is 0.675. The van der Waals surface area contributed by atoms with Crippen LogP contribution in [0.25, 0.3) is 10.8 Å². The Labute approximate surface area is 158 Å². The minimum atomic E-state index is -0.315. The van der Waals surface area contributed by atoms with E-state index in [2.05, 4.69) is 22.5 Å². The van der Waals surface area contributed by atoms with Crippen molar-refractivity contribution in [2.24, 2.45) is 0 Å². The third-order valence-corrected chi connectivity index (χ3v) is 3.86. The minimum absolute atomic E-state index is 0.237. The van der Waals surface area contributed by atoms with Crippen LogP contribution in [0.4, 0.5) is 10.5 Å². The number of urea groups is 1. The fourth-order valence-corrected chi connectivity index (χ4v) is 2.52. The van der Waals surface area contributed by atoms with E-state index in [0.717, 1.165) is 22.3 Å². The van der Waals surface area contributed by atoms with Crippen molar-refractivity contribution in [2.45, 2.75) is 0 Å². The van der Waals surface area contributed by atoms with Crippen LogP contribution in [-0.2, 0) is 0 Å². The molecule has 3 rings (SSSR count). The number of ether oxygens (including phenoxy) is 2. The van der Waals surface area contributed by atoms with E-state index >= 15 is 0 Å². The van der Waals surface area contributed by atoms with Crippen molar-refractivity contribution in [3.8, 4) is 23.3 Å². The standard InChI is InChI=1S/C22H20N2O3/c1-26-19-13-11-18(12-14-19)24-22(25)23-15-4-5-16-27-21-10-6-8-17-7-2-3-9-20(17)21/h2-3,6-14H,15-16H2,1H3,(H2,23,24,25). The van der Waals surface area contributed by atoms with Crippen molar-refractivity contribution in [1.29, 1.82) is 0 Å². The summed E-state index contributed by atoms with van der Waals surface area (Å²) in [7, 11) is 1.60. The van der Waals surface area contributed by atoms with Crippen LogP contribution < -0.4 is 20.1 Å². The summed E-state index contributed by atoms with van der Waals surface area (Å²) in [5.41, 5.74) is 0.681. The third kappa shape index (κ3) is 5.16. The van der Waals surface area contributed by atoms with Crippen molar-refractivity contribution in [3.05, 3.63) is 66.7 Å². The molecule has 0 aliphatic heterocycles. The number of carbonyl (C=O) groups is 1. The third-order valence-electron chi connectivity index (χ3n) is 3.86. The fourth-order valence-electron chi connectivity index (χ4n) is 2.52. The largest absolute Gasteiger partial charge is 0.497 e. The number of fused-ring (bicyclic) bond motifs is 1. The second-order valence-corrected chi connectivity index (χ2v) is 5.66. The van der Waals surface area contributed by atoms with Gasteiger partial charge in [-0.2, -0.15) is 0 Å². The molecule has 2 N–H and O–H groups in total. The van der Waals surface area contributed by atoms with Gasteiger partial charge >= 0.3 is 6.03 Å². The first kappa shape index (κ1) is 18.2. The SMILES string of the molecule is COc1ccc(NC(=O)NCC#CCOc2cccc3ccccc23)cc1. The Bertz CT molecular complexity index is 967. The van der Waals surface area contributed by atoms with Crippen molar-refractivity contribution in [1.82, 2.24) is 5.32 Å². The number of hydrogen-bond donors (Lipinski definition) is 2. The van der Waals surface area contributed by atoms with Gasteiger partial charge in [-0.25, -0.2) is 4.79 Å². The Kier molecular flexibility index (Phi) is 6.16. The van der Waals surface area contributed by atoms with Gasteiger partial charge in [-0.3, -0.25) is 0 Å². The van der Waals surface area contributed by atoms with E-state index in [0.29, 0.717) is 5.69 Å². The van der Waals surface area contributed by atoms with Gasteiger partial charge in [0.2, 0.25) is 0 Å². The smallest absolute Gasteiger partial charge is 0.319 e. The maximum Gasteiger partial charge on any atom is 0.319 e. The lowest BCUT2D eigenvalue weighted by atomic mass is 10.1. The molecule has 0 radical (unpaired) electrons. The number of amides is 2. The molecule has 3 aromatic carbocycles. The second kappa shape index (κ2) is 9.16. The number of nitrogens with one attached hydrogen (secondary N) is 2. The number of methoxy groups -OCH3 is 1. The molecular formula is C22H20N2O3. The van der Waals surface area contributed by atoms with Gasteiger partial charge in [0, 0.05) is 11.1 Å². The number of anilines is 1. The van der Waals surface area contributed by atoms with Gasteiger partial charge in [-0.15, -0.1) is 0 Å². The molecule has 0 saturated carbocycles. The number of carbonyl (C=O) groups excluding carboxylic acids is 1. The molecule has 5 nitrogen and oxygen atoms in total. The van der Waals surface area contributed by atoms with Crippen LogP contribution in [0, 0.1) is 11.8 Å². The lowest BCUT2D eigenvalue weighted by Crippen LogP contribution is -2.28. The first-order valence-electron chi connectivity index (χ1n) is 8.51. The summed E-state index contributed by atoms with van der Waals surface area (Å²) in [6.45, 7) is 0.497. The number of rotatable bonds is 5. The van der Waals surface area contributed by atoms with Gasteiger partial charge in [0.1, 0.15) is 18.1 Å². The number of benzene rings is 3. The molecular weight excluding hydrogens is 340 g/mol. The molecule has 0 aromatic heterocycles. The van der Waals surface area contributed by atoms with Gasteiger partial charge in [0.25, 0.3) is 0 Å². The normalized spacial score (nSPS) is 9.81. The highest BCUT2D eigenvalue weighted by atomic mass is 16.5. The molecule has 0 heterocycles. The highest BCUT2D eigenvalue weighted by Gasteiger charge is 2.01. The Balaban J connectivity index is 1.43. The zero-order valence-electron chi connectivity index (χ0n) is 15.0. The first-order valence-corrected chi connectivity index (χ1v) is 8.51. The van der Waals surface area contributed by atoms with E-state index in [1.54, 1.807) is 31.4 Å². The Morgan fingerprint density at radius 3 is 2.56 bits per heavy atom. The molecule has 0 bridgehead atoms. The van der Waals surface area contributed by atoms with Crippen LogP contribution in [0.15, 0.2) is 66.7 Å². The van der Waals surface area contributed by atoms with E-state index in [1.165, 1.54) is 0 Å². The molecule has 3 aromatic rings. The lowest BCUT2D eigenvalue weighted by molar-refractivity contribution is 0.253. The fraction of sp³-hybridized carbons (Fsp3) is 0.136. The van der Waals surface area contributed by atoms with Crippen molar-refractivity contribution >= 4 is 22.5 Å². The summed E-state index contributed by atoms with van der Waals surface area (Å²) >= 11 is 0. The van der Waals surface area contributed by atoms with E-state index < -0.39 is 0 Å². The molecule has 0 saturated heterocycles. The van der Waals surface area contributed by atoms with Crippen LogP contribution in [0.2, 0.25) is 0 Å². The van der Waals surface area contributed by atoms with Crippen LogP contribution in [-0.4, -0.2) is 26.3 Å². The molecule has 5 heteroatoms. The zero-order valence-corrected chi connectivity index (χ0v) is 15.0. The van der Waals surface area contributed by atoms with E-state index in [-0.39, 0.29) is 19.2 Å². The van der Waals surface area contributed by atoms with Crippen LogP contribution in [0.1, 0.15) is 0 Å². The predicted octanol–water partition coefficient (Wildman–Crippen LogP) is 4.05. The van der Waals surface area contributed by atoms with E-state index in [4.69, 9.17) is 9.47 Å².